The lowest BCUT2D eigenvalue weighted by Crippen LogP contribution is -2.32. The second kappa shape index (κ2) is 5.95. The van der Waals surface area contributed by atoms with Gasteiger partial charge in [0.05, 0.1) is 11.7 Å². The summed E-state index contributed by atoms with van der Waals surface area (Å²) in [5.41, 5.74) is -0.635. The number of hydrogen-bond acceptors (Lipinski definition) is 2. The Morgan fingerprint density at radius 3 is 2.65 bits per heavy atom. The molecule has 1 fully saturated rings. The summed E-state index contributed by atoms with van der Waals surface area (Å²) in [4.78, 5) is 12.0. The molecule has 5 heteroatoms. The van der Waals surface area contributed by atoms with Crippen LogP contribution in [0.4, 0.5) is 13.2 Å². The first-order chi connectivity index (χ1) is 9.40. The fourth-order valence-corrected chi connectivity index (χ4v) is 2.46. The summed E-state index contributed by atoms with van der Waals surface area (Å²) in [7, 11) is 0. The van der Waals surface area contributed by atoms with E-state index in [1.807, 2.05) is 6.92 Å². The van der Waals surface area contributed by atoms with E-state index in [2.05, 4.69) is 0 Å². The van der Waals surface area contributed by atoms with Crippen LogP contribution in [-0.2, 0) is 10.9 Å². The Balaban J connectivity index is 1.94. The molecular weight excluding hydrogens is 269 g/mol. The second-order valence-corrected chi connectivity index (χ2v) is 5.12. The lowest BCUT2D eigenvalue weighted by Gasteiger charge is -2.34. The van der Waals surface area contributed by atoms with Crippen LogP contribution < -0.4 is 0 Å². The zero-order valence-corrected chi connectivity index (χ0v) is 11.2. The van der Waals surface area contributed by atoms with Crippen molar-refractivity contribution >= 4 is 5.78 Å². The van der Waals surface area contributed by atoms with Crippen molar-refractivity contribution in [3.63, 3.8) is 0 Å². The molecule has 0 radical (unpaired) electrons. The van der Waals surface area contributed by atoms with Gasteiger partial charge in [-0.1, -0.05) is 12.1 Å². The second-order valence-electron chi connectivity index (χ2n) is 5.12. The maximum Gasteiger partial charge on any atom is 0.416 e. The molecule has 1 aromatic carbocycles. The van der Waals surface area contributed by atoms with Crippen LogP contribution in [-0.4, -0.2) is 18.5 Å². The Bertz CT molecular complexity index is 476. The molecule has 1 saturated carbocycles. The maximum atomic E-state index is 12.6. The molecule has 110 valence electrons. The molecule has 0 aliphatic heterocycles. The lowest BCUT2D eigenvalue weighted by atomic mass is 9.78. The molecule has 2 rings (SSSR count). The van der Waals surface area contributed by atoms with E-state index in [0.717, 1.165) is 25.0 Å². The van der Waals surface area contributed by atoms with Gasteiger partial charge in [0.15, 0.2) is 5.78 Å². The van der Waals surface area contributed by atoms with Crippen molar-refractivity contribution in [2.75, 3.05) is 6.61 Å². The highest BCUT2D eigenvalue weighted by Crippen LogP contribution is 2.34. The minimum absolute atomic E-state index is 0.139. The number of hydrogen-bond donors (Lipinski definition) is 0. The zero-order valence-electron chi connectivity index (χ0n) is 11.2. The Labute approximate surface area is 115 Å². The Hall–Kier alpha value is -1.36. The Kier molecular flexibility index (Phi) is 4.48. The van der Waals surface area contributed by atoms with E-state index < -0.39 is 11.7 Å². The number of benzene rings is 1. The van der Waals surface area contributed by atoms with Crippen molar-refractivity contribution in [3.8, 4) is 0 Å². The molecule has 0 atom stereocenters. The summed E-state index contributed by atoms with van der Waals surface area (Å²) in [6.45, 7) is 2.57. The van der Waals surface area contributed by atoms with Crippen LogP contribution in [0.3, 0.4) is 0 Å². The summed E-state index contributed by atoms with van der Waals surface area (Å²) in [6, 6.07) is 4.63. The third-order valence-electron chi connectivity index (χ3n) is 3.58. The van der Waals surface area contributed by atoms with Crippen LogP contribution in [0.2, 0.25) is 0 Å². The summed E-state index contributed by atoms with van der Waals surface area (Å²) >= 11 is 0. The van der Waals surface area contributed by atoms with Crippen molar-refractivity contribution in [2.24, 2.45) is 5.92 Å². The molecule has 2 nitrogen and oxygen atoms in total. The number of Topliss-reactive ketones (excluding diaryl/α,β-unsaturated/α-hetero) is 1. The lowest BCUT2D eigenvalue weighted by molar-refractivity contribution is -0.137. The SMILES string of the molecule is CCOC1CC(CC(=O)c2cccc(C(F)(F)F)c2)C1. The molecule has 0 aromatic heterocycles. The summed E-state index contributed by atoms with van der Waals surface area (Å²) in [5, 5.41) is 0. The molecule has 1 aliphatic rings. The van der Waals surface area contributed by atoms with E-state index in [9.17, 15) is 18.0 Å². The van der Waals surface area contributed by atoms with E-state index in [1.54, 1.807) is 0 Å². The first kappa shape index (κ1) is 15.0. The number of halogens is 3. The van der Waals surface area contributed by atoms with E-state index in [-0.39, 0.29) is 23.4 Å². The molecule has 0 amide bonds. The molecule has 0 bridgehead atoms. The molecule has 20 heavy (non-hydrogen) atoms. The molecule has 0 unspecified atom stereocenters. The van der Waals surface area contributed by atoms with Gasteiger partial charge >= 0.3 is 6.18 Å². The first-order valence-electron chi connectivity index (χ1n) is 6.72. The summed E-state index contributed by atoms with van der Waals surface area (Å²) in [5.74, 6) is 0.00430. The fourth-order valence-electron chi connectivity index (χ4n) is 2.46. The molecular formula is C15H17F3O2. The fraction of sp³-hybridized carbons (Fsp3) is 0.533. The van der Waals surface area contributed by atoms with Gasteiger partial charge in [0, 0.05) is 18.6 Å². The largest absolute Gasteiger partial charge is 0.416 e. The van der Waals surface area contributed by atoms with Crippen LogP contribution in [0.1, 0.15) is 42.1 Å². The van der Waals surface area contributed by atoms with E-state index in [4.69, 9.17) is 4.74 Å². The van der Waals surface area contributed by atoms with Crippen molar-refractivity contribution in [3.05, 3.63) is 35.4 Å². The molecule has 1 aliphatic carbocycles. The predicted octanol–water partition coefficient (Wildman–Crippen LogP) is 4.09. The minimum atomic E-state index is -4.41. The van der Waals surface area contributed by atoms with Crippen LogP contribution >= 0.6 is 0 Å². The normalized spacial score (nSPS) is 22.4. The van der Waals surface area contributed by atoms with Gasteiger partial charge in [-0.2, -0.15) is 13.2 Å². The van der Waals surface area contributed by atoms with Gasteiger partial charge in [-0.15, -0.1) is 0 Å². The van der Waals surface area contributed by atoms with Gasteiger partial charge in [0.1, 0.15) is 0 Å². The zero-order chi connectivity index (χ0) is 14.8. The van der Waals surface area contributed by atoms with Gasteiger partial charge in [0.2, 0.25) is 0 Å². The standard InChI is InChI=1S/C15H17F3O2/c1-2-20-13-6-10(7-13)8-14(19)11-4-3-5-12(9-11)15(16,17)18/h3-5,9-10,13H,2,6-8H2,1H3. The van der Waals surface area contributed by atoms with E-state index in [0.29, 0.717) is 13.0 Å². The van der Waals surface area contributed by atoms with Crippen LogP contribution in [0.25, 0.3) is 0 Å². The number of alkyl halides is 3. The minimum Gasteiger partial charge on any atom is -0.378 e. The topological polar surface area (TPSA) is 26.3 Å². The number of carbonyl (C=O) groups is 1. The molecule has 0 N–H and O–H groups in total. The van der Waals surface area contributed by atoms with E-state index in [1.165, 1.54) is 12.1 Å². The van der Waals surface area contributed by atoms with Crippen molar-refractivity contribution < 1.29 is 22.7 Å². The predicted molar refractivity (Wildman–Crippen MR) is 68.5 cm³/mol. The molecule has 0 spiro atoms. The third kappa shape index (κ3) is 3.60. The highest BCUT2D eigenvalue weighted by molar-refractivity contribution is 5.96. The highest BCUT2D eigenvalue weighted by atomic mass is 19.4. The molecule has 0 saturated heterocycles. The Morgan fingerprint density at radius 2 is 2.05 bits per heavy atom. The first-order valence-corrected chi connectivity index (χ1v) is 6.72. The quantitative estimate of drug-likeness (QED) is 0.762. The third-order valence-corrected chi connectivity index (χ3v) is 3.58. The van der Waals surface area contributed by atoms with Crippen molar-refractivity contribution in [2.45, 2.75) is 38.5 Å². The monoisotopic (exact) mass is 286 g/mol. The average Bonchev–Trinajstić information content (AvgIpc) is 2.35. The number of ether oxygens (including phenoxy) is 1. The van der Waals surface area contributed by atoms with Gasteiger partial charge in [-0.3, -0.25) is 4.79 Å². The average molecular weight is 286 g/mol. The van der Waals surface area contributed by atoms with Crippen molar-refractivity contribution in [1.82, 2.24) is 0 Å². The maximum absolute atomic E-state index is 12.6. The van der Waals surface area contributed by atoms with Crippen LogP contribution in [0.15, 0.2) is 24.3 Å². The summed E-state index contributed by atoms with van der Waals surface area (Å²) in [6.07, 6.45) is -2.27. The van der Waals surface area contributed by atoms with Gasteiger partial charge < -0.3 is 4.74 Å². The van der Waals surface area contributed by atoms with Crippen LogP contribution in [0, 0.1) is 5.92 Å². The number of ketones is 1. The van der Waals surface area contributed by atoms with Gasteiger partial charge in [0.25, 0.3) is 0 Å². The Morgan fingerprint density at radius 1 is 1.35 bits per heavy atom. The van der Waals surface area contributed by atoms with E-state index >= 15 is 0 Å². The van der Waals surface area contributed by atoms with Gasteiger partial charge in [-0.25, -0.2) is 0 Å². The number of rotatable bonds is 5. The number of carbonyl (C=O) groups excluding carboxylic acids is 1. The summed E-state index contributed by atoms with van der Waals surface area (Å²) < 4.78 is 43.1. The smallest absolute Gasteiger partial charge is 0.378 e. The van der Waals surface area contributed by atoms with Crippen molar-refractivity contribution in [1.29, 1.82) is 0 Å². The molecule has 0 heterocycles. The molecule has 1 aromatic rings. The highest BCUT2D eigenvalue weighted by Gasteiger charge is 2.33. The van der Waals surface area contributed by atoms with Crippen LogP contribution in [0.5, 0.6) is 0 Å². The van der Waals surface area contributed by atoms with Gasteiger partial charge in [-0.05, 0) is 37.8 Å².